The van der Waals surface area contributed by atoms with Gasteiger partial charge in [0.1, 0.15) is 11.9 Å². The number of carbonyl (C=O) groups excluding carboxylic acids is 4. The molecule has 1 rings (SSSR count). The van der Waals surface area contributed by atoms with Gasteiger partial charge < -0.3 is 20.1 Å². The predicted molar refractivity (Wildman–Crippen MR) is 121 cm³/mol. The molecule has 0 radical (unpaired) electrons. The Morgan fingerprint density at radius 3 is 1.62 bits per heavy atom. The van der Waals surface area contributed by atoms with Crippen molar-refractivity contribution in [1.82, 2.24) is 10.6 Å². The summed E-state index contributed by atoms with van der Waals surface area (Å²) >= 11 is 0. The van der Waals surface area contributed by atoms with Gasteiger partial charge in [0.25, 0.3) is 5.91 Å². The molecule has 0 heterocycles. The number of imide groups is 2. The first kappa shape index (κ1) is 29.2. The molecule has 0 saturated heterocycles. The van der Waals surface area contributed by atoms with E-state index in [1.165, 1.54) is 12.1 Å². The fraction of sp³-hybridized carbons (Fsp3) is 0.583. The molecule has 0 spiro atoms. The van der Waals surface area contributed by atoms with E-state index in [1.807, 2.05) is 5.32 Å². The molecule has 0 aliphatic rings. The van der Waals surface area contributed by atoms with Crippen molar-refractivity contribution >= 4 is 23.6 Å². The number of amides is 4. The van der Waals surface area contributed by atoms with Crippen molar-refractivity contribution in [2.24, 2.45) is 23.7 Å². The minimum Gasteiger partial charge on any atom is -0.843 e. The van der Waals surface area contributed by atoms with E-state index in [1.54, 1.807) is 59.7 Å². The van der Waals surface area contributed by atoms with Gasteiger partial charge in [-0.15, -0.1) is 0 Å². The Morgan fingerprint density at radius 2 is 1.18 bits per heavy atom. The highest BCUT2D eigenvalue weighted by Gasteiger charge is 2.38. The second-order valence-corrected chi connectivity index (χ2v) is 9.03. The number of para-hydroxylation sites is 1. The molecule has 34 heavy (non-hydrogen) atoms. The van der Waals surface area contributed by atoms with Crippen LogP contribution in [0.3, 0.4) is 0 Å². The standard InChI is InChI=1S/C24H35N2O8/c1-12(2)14(5)21(30)25-23(32)19(29)17(27)18(28)20(34-16-10-8-7-9-11-16)24(33)26-22(31)15(6)13(3)4/h7-15,17-20,27-28H,1-6H3,(H,25,30,32)(H,26,31,33)/q-1/t14-,15-,17+,18+,19+,20+/m0/s1. The Morgan fingerprint density at radius 1 is 0.735 bits per heavy atom. The molecular weight excluding hydrogens is 444 g/mol. The molecule has 1 aromatic carbocycles. The molecule has 10 heteroatoms. The molecule has 0 saturated carbocycles. The first-order valence-corrected chi connectivity index (χ1v) is 11.2. The van der Waals surface area contributed by atoms with E-state index in [9.17, 15) is 34.5 Å². The van der Waals surface area contributed by atoms with Crippen molar-refractivity contribution in [2.45, 2.75) is 66.0 Å². The summed E-state index contributed by atoms with van der Waals surface area (Å²) in [5, 5.41) is 37.5. The number of ether oxygens (including phenoxy) is 1. The van der Waals surface area contributed by atoms with E-state index in [0.717, 1.165) is 0 Å². The molecule has 1 aromatic rings. The van der Waals surface area contributed by atoms with Gasteiger partial charge >= 0.3 is 0 Å². The average molecular weight is 480 g/mol. The van der Waals surface area contributed by atoms with Crippen molar-refractivity contribution in [3.05, 3.63) is 30.3 Å². The maximum Gasteiger partial charge on any atom is 0.270 e. The Hall–Kier alpha value is -2.82. The molecule has 0 aliphatic carbocycles. The van der Waals surface area contributed by atoms with Gasteiger partial charge in [-0.1, -0.05) is 59.7 Å². The number of hydrogen-bond acceptors (Lipinski definition) is 8. The third-order valence-electron chi connectivity index (χ3n) is 5.81. The largest absolute Gasteiger partial charge is 0.843 e. The molecule has 6 atom stereocenters. The van der Waals surface area contributed by atoms with E-state index in [0.29, 0.717) is 0 Å². The van der Waals surface area contributed by atoms with Crippen LogP contribution in [-0.4, -0.2) is 58.3 Å². The van der Waals surface area contributed by atoms with Crippen LogP contribution >= 0.6 is 0 Å². The van der Waals surface area contributed by atoms with Crippen LogP contribution in [0.15, 0.2) is 30.3 Å². The number of nitrogens with one attached hydrogen (secondary N) is 2. The smallest absolute Gasteiger partial charge is 0.270 e. The van der Waals surface area contributed by atoms with E-state index in [4.69, 9.17) is 4.74 Å². The van der Waals surface area contributed by atoms with Gasteiger partial charge in [-0.3, -0.25) is 29.8 Å². The quantitative estimate of drug-likeness (QED) is 0.337. The number of hydrogen-bond donors (Lipinski definition) is 4. The fourth-order valence-corrected chi connectivity index (χ4v) is 2.66. The SMILES string of the molecule is CC(C)[C@H](C)C(=O)NC(=O)[C@H]([O-])[C@H](O)[C@@H](O)[C@@H](Oc1ccccc1)C(=O)NC(=O)[C@@H](C)C(C)C. The Kier molecular flexibility index (Phi) is 11.3. The summed E-state index contributed by atoms with van der Waals surface area (Å²) in [6, 6.07) is 7.78. The number of rotatable bonds is 11. The van der Waals surface area contributed by atoms with Crippen LogP contribution in [-0.2, 0) is 19.2 Å². The Balaban J connectivity index is 3.05. The highest BCUT2D eigenvalue weighted by Crippen LogP contribution is 2.17. The minimum atomic E-state index is -2.50. The second-order valence-electron chi connectivity index (χ2n) is 9.03. The third kappa shape index (κ3) is 8.19. The maximum atomic E-state index is 12.8. The summed E-state index contributed by atoms with van der Waals surface area (Å²) in [4.78, 5) is 49.4. The number of aliphatic hydroxyl groups is 2. The van der Waals surface area contributed by atoms with Crippen LogP contribution in [0.25, 0.3) is 0 Å². The molecule has 0 bridgehead atoms. The van der Waals surface area contributed by atoms with Crippen LogP contribution in [0, 0.1) is 23.7 Å². The average Bonchev–Trinajstić information content (AvgIpc) is 2.80. The van der Waals surface area contributed by atoms with Crippen molar-refractivity contribution < 1.29 is 39.2 Å². The van der Waals surface area contributed by atoms with Gasteiger partial charge in [-0.25, -0.2) is 0 Å². The number of aliphatic hydroxyl groups excluding tert-OH is 2. The van der Waals surface area contributed by atoms with Gasteiger partial charge in [-0.05, 0) is 30.1 Å². The van der Waals surface area contributed by atoms with Gasteiger partial charge in [0.2, 0.25) is 23.8 Å². The monoisotopic (exact) mass is 479 g/mol. The molecule has 190 valence electrons. The molecule has 0 unspecified atom stereocenters. The van der Waals surface area contributed by atoms with Gasteiger partial charge in [-0.2, -0.15) is 0 Å². The molecule has 0 aliphatic heterocycles. The van der Waals surface area contributed by atoms with Crippen molar-refractivity contribution in [3.8, 4) is 5.75 Å². The lowest BCUT2D eigenvalue weighted by atomic mass is 9.96. The first-order valence-electron chi connectivity index (χ1n) is 11.2. The molecule has 4 amide bonds. The zero-order chi connectivity index (χ0) is 26.2. The summed E-state index contributed by atoms with van der Waals surface area (Å²) in [6.45, 7) is 10.3. The van der Waals surface area contributed by atoms with Crippen molar-refractivity contribution in [3.63, 3.8) is 0 Å². The van der Waals surface area contributed by atoms with E-state index in [2.05, 4.69) is 5.32 Å². The lowest BCUT2D eigenvalue weighted by molar-refractivity contribution is -0.426. The van der Waals surface area contributed by atoms with Crippen molar-refractivity contribution in [1.29, 1.82) is 0 Å². The second kappa shape index (κ2) is 13.2. The highest BCUT2D eigenvalue weighted by molar-refractivity contribution is 5.99. The summed E-state index contributed by atoms with van der Waals surface area (Å²) in [5.74, 6) is -4.98. The summed E-state index contributed by atoms with van der Waals surface area (Å²) < 4.78 is 5.47. The summed E-state index contributed by atoms with van der Waals surface area (Å²) in [5.41, 5.74) is 0. The zero-order valence-corrected chi connectivity index (χ0v) is 20.3. The summed E-state index contributed by atoms with van der Waals surface area (Å²) in [6.07, 6.45) is -8.90. The predicted octanol–water partition coefficient (Wildman–Crippen LogP) is -0.245. The topological polar surface area (TPSA) is 165 Å². The Labute approximate surface area is 199 Å². The lowest BCUT2D eigenvalue weighted by Crippen LogP contribution is -2.61. The molecule has 10 nitrogen and oxygen atoms in total. The van der Waals surface area contributed by atoms with Crippen LogP contribution < -0.4 is 20.5 Å². The van der Waals surface area contributed by atoms with Crippen LogP contribution in [0.5, 0.6) is 5.75 Å². The fourth-order valence-electron chi connectivity index (χ4n) is 2.66. The molecule has 0 fully saturated rings. The number of benzene rings is 1. The van der Waals surface area contributed by atoms with E-state index >= 15 is 0 Å². The van der Waals surface area contributed by atoms with Crippen LogP contribution in [0.1, 0.15) is 41.5 Å². The highest BCUT2D eigenvalue weighted by atomic mass is 16.5. The van der Waals surface area contributed by atoms with Gasteiger partial charge in [0.05, 0.1) is 6.10 Å². The third-order valence-corrected chi connectivity index (χ3v) is 5.81. The minimum absolute atomic E-state index is 0.0858. The van der Waals surface area contributed by atoms with Crippen LogP contribution in [0.4, 0.5) is 0 Å². The molecule has 0 aromatic heterocycles. The Bertz CT molecular complexity index is 843. The maximum absolute atomic E-state index is 12.8. The molecule has 4 N–H and O–H groups in total. The van der Waals surface area contributed by atoms with Crippen molar-refractivity contribution in [2.75, 3.05) is 0 Å². The first-order chi connectivity index (χ1) is 15.8. The lowest BCUT2D eigenvalue weighted by Gasteiger charge is -2.33. The van der Waals surface area contributed by atoms with Crippen LogP contribution in [0.2, 0.25) is 0 Å². The number of carbonyl (C=O) groups is 4. The normalized spacial score (nSPS) is 16.7. The molecular formula is C24H35N2O8-. The van der Waals surface area contributed by atoms with E-state index in [-0.39, 0.29) is 17.6 Å². The van der Waals surface area contributed by atoms with Gasteiger partial charge in [0, 0.05) is 11.8 Å². The zero-order valence-electron chi connectivity index (χ0n) is 20.3. The summed E-state index contributed by atoms with van der Waals surface area (Å²) in [7, 11) is 0. The van der Waals surface area contributed by atoms with E-state index < -0.39 is 59.9 Å². The van der Waals surface area contributed by atoms with Gasteiger partial charge in [0.15, 0.2) is 0 Å².